The zero-order valence-corrected chi connectivity index (χ0v) is 14.5. The van der Waals surface area contributed by atoms with Crippen LogP contribution in [-0.4, -0.2) is 45.5 Å². The van der Waals surface area contributed by atoms with E-state index in [1.54, 1.807) is 15.9 Å². The summed E-state index contributed by atoms with van der Waals surface area (Å²) in [6.07, 6.45) is 0. The van der Waals surface area contributed by atoms with Crippen LogP contribution < -0.4 is 5.76 Å². The Hall–Kier alpha value is -1.96. The maximum atomic E-state index is 12.1. The Labute approximate surface area is 143 Å². The quantitative estimate of drug-likeness (QED) is 0.726. The summed E-state index contributed by atoms with van der Waals surface area (Å²) < 4.78 is 7.02. The van der Waals surface area contributed by atoms with E-state index in [1.807, 2.05) is 31.2 Å². The third-order valence-electron chi connectivity index (χ3n) is 4.43. The van der Waals surface area contributed by atoms with E-state index in [9.17, 15) is 4.79 Å². The fourth-order valence-electron chi connectivity index (χ4n) is 3.15. The lowest BCUT2D eigenvalue weighted by Crippen LogP contribution is -2.47. The number of hydrogen-bond acceptors (Lipinski definition) is 6. The maximum absolute atomic E-state index is 12.1. The molecule has 0 saturated carbocycles. The first kappa shape index (κ1) is 15.6. The molecule has 0 N–H and O–H groups in total. The highest BCUT2D eigenvalue weighted by molar-refractivity contribution is 7.09. The molecule has 0 amide bonds. The Kier molecular flexibility index (Phi) is 4.22. The van der Waals surface area contributed by atoms with Crippen LogP contribution in [-0.2, 0) is 13.2 Å². The second-order valence-corrected chi connectivity index (χ2v) is 7.22. The summed E-state index contributed by atoms with van der Waals surface area (Å²) in [6.45, 7) is 7.39. The molecule has 3 heterocycles. The Morgan fingerprint density at radius 3 is 2.67 bits per heavy atom. The zero-order valence-electron chi connectivity index (χ0n) is 13.6. The van der Waals surface area contributed by atoms with Crippen molar-refractivity contribution >= 4 is 22.4 Å². The van der Waals surface area contributed by atoms with Gasteiger partial charge in [0.15, 0.2) is 5.58 Å². The molecule has 3 aromatic rings. The first-order valence-electron chi connectivity index (χ1n) is 8.13. The van der Waals surface area contributed by atoms with E-state index in [2.05, 4.69) is 20.2 Å². The van der Waals surface area contributed by atoms with Gasteiger partial charge >= 0.3 is 5.76 Å². The summed E-state index contributed by atoms with van der Waals surface area (Å²) in [4.78, 5) is 21.3. The lowest BCUT2D eigenvalue weighted by atomic mass is 10.3. The van der Waals surface area contributed by atoms with Gasteiger partial charge < -0.3 is 4.42 Å². The number of aromatic nitrogens is 2. The van der Waals surface area contributed by atoms with E-state index in [4.69, 9.17) is 4.42 Å². The Morgan fingerprint density at radius 2 is 1.92 bits per heavy atom. The van der Waals surface area contributed by atoms with Gasteiger partial charge in [0.2, 0.25) is 0 Å². The number of piperazine rings is 1. The van der Waals surface area contributed by atoms with Gasteiger partial charge in [-0.05, 0) is 19.1 Å². The zero-order chi connectivity index (χ0) is 16.5. The average molecular weight is 344 g/mol. The molecule has 1 aromatic carbocycles. The molecule has 0 bridgehead atoms. The molecule has 24 heavy (non-hydrogen) atoms. The van der Waals surface area contributed by atoms with Crippen LogP contribution in [0.2, 0.25) is 0 Å². The van der Waals surface area contributed by atoms with E-state index < -0.39 is 0 Å². The van der Waals surface area contributed by atoms with Crippen LogP contribution in [0.15, 0.2) is 38.9 Å². The van der Waals surface area contributed by atoms with Gasteiger partial charge in [-0.1, -0.05) is 12.1 Å². The second kappa shape index (κ2) is 6.51. The number of hydrogen-bond donors (Lipinski definition) is 0. The molecule has 1 saturated heterocycles. The van der Waals surface area contributed by atoms with Crippen LogP contribution in [0, 0.1) is 6.92 Å². The molecule has 1 fully saturated rings. The van der Waals surface area contributed by atoms with E-state index >= 15 is 0 Å². The summed E-state index contributed by atoms with van der Waals surface area (Å²) in [5.74, 6) is -0.281. The molecular weight excluding hydrogens is 324 g/mol. The topological polar surface area (TPSA) is 54.5 Å². The third-order valence-corrected chi connectivity index (χ3v) is 5.25. The molecule has 4 rings (SSSR count). The minimum absolute atomic E-state index is 0.281. The molecule has 0 radical (unpaired) electrons. The van der Waals surface area contributed by atoms with Crippen molar-refractivity contribution in [3.05, 3.63) is 50.9 Å². The van der Waals surface area contributed by atoms with E-state index in [-0.39, 0.29) is 5.76 Å². The Balaban J connectivity index is 1.39. The molecule has 1 aliphatic heterocycles. The number of rotatable bonds is 4. The number of thiazole rings is 1. The first-order valence-corrected chi connectivity index (χ1v) is 9.01. The average Bonchev–Trinajstić information content (AvgIpc) is 3.13. The van der Waals surface area contributed by atoms with Crippen molar-refractivity contribution in [3.8, 4) is 0 Å². The minimum atomic E-state index is -0.281. The largest absolute Gasteiger partial charge is 0.421 e. The molecule has 0 unspecified atom stereocenters. The summed E-state index contributed by atoms with van der Waals surface area (Å²) in [7, 11) is 0. The Bertz CT molecular complexity index is 889. The molecule has 0 atom stereocenters. The molecule has 7 heteroatoms. The van der Waals surface area contributed by atoms with Crippen molar-refractivity contribution in [3.63, 3.8) is 0 Å². The van der Waals surface area contributed by atoms with Crippen molar-refractivity contribution in [1.29, 1.82) is 0 Å². The molecule has 1 aliphatic rings. The highest BCUT2D eigenvalue weighted by Gasteiger charge is 2.19. The molecule has 126 valence electrons. The van der Waals surface area contributed by atoms with Crippen LogP contribution in [0.25, 0.3) is 11.1 Å². The fraction of sp³-hybridized carbons (Fsp3) is 0.412. The summed E-state index contributed by atoms with van der Waals surface area (Å²) >= 11 is 1.70. The van der Waals surface area contributed by atoms with Gasteiger partial charge in [-0.25, -0.2) is 9.78 Å². The minimum Gasteiger partial charge on any atom is -0.408 e. The predicted molar refractivity (Wildman–Crippen MR) is 94.2 cm³/mol. The van der Waals surface area contributed by atoms with Gasteiger partial charge in [-0.2, -0.15) is 0 Å². The van der Waals surface area contributed by atoms with Crippen LogP contribution in [0.4, 0.5) is 0 Å². The standard InChI is InChI=1S/C17H20N4O2S/c1-13-18-14(11-24-13)10-19-6-8-20(9-7-19)12-21-15-4-2-3-5-16(15)23-17(21)22/h2-5,11H,6-10,12H2,1H3. The van der Waals surface area contributed by atoms with Crippen LogP contribution in [0.3, 0.4) is 0 Å². The smallest absolute Gasteiger partial charge is 0.408 e. The van der Waals surface area contributed by atoms with Crippen molar-refractivity contribution < 1.29 is 4.42 Å². The monoisotopic (exact) mass is 344 g/mol. The van der Waals surface area contributed by atoms with Gasteiger partial charge in [0, 0.05) is 38.1 Å². The SMILES string of the molecule is Cc1nc(CN2CCN(Cn3c(=O)oc4ccccc43)CC2)cs1. The summed E-state index contributed by atoms with van der Waals surface area (Å²) in [6, 6.07) is 7.58. The second-order valence-electron chi connectivity index (χ2n) is 6.16. The van der Waals surface area contributed by atoms with Crippen molar-refractivity contribution in [2.75, 3.05) is 26.2 Å². The van der Waals surface area contributed by atoms with Crippen LogP contribution in [0.1, 0.15) is 10.7 Å². The number of para-hydroxylation sites is 2. The molecular formula is C17H20N4O2S. The van der Waals surface area contributed by atoms with Gasteiger partial charge in [-0.15, -0.1) is 11.3 Å². The van der Waals surface area contributed by atoms with E-state index in [0.29, 0.717) is 12.3 Å². The Morgan fingerprint density at radius 1 is 1.17 bits per heavy atom. The van der Waals surface area contributed by atoms with Crippen molar-refractivity contribution in [2.45, 2.75) is 20.1 Å². The normalized spacial score (nSPS) is 16.9. The van der Waals surface area contributed by atoms with Gasteiger partial charge in [0.05, 0.1) is 22.9 Å². The first-order chi connectivity index (χ1) is 11.7. The highest BCUT2D eigenvalue weighted by atomic mass is 32.1. The van der Waals surface area contributed by atoms with Crippen molar-refractivity contribution in [2.24, 2.45) is 0 Å². The summed E-state index contributed by atoms with van der Waals surface area (Å²) in [5, 5.41) is 3.26. The highest BCUT2D eigenvalue weighted by Crippen LogP contribution is 2.15. The van der Waals surface area contributed by atoms with Gasteiger partial charge in [0.25, 0.3) is 0 Å². The number of benzene rings is 1. The maximum Gasteiger partial charge on any atom is 0.421 e. The molecule has 0 aliphatic carbocycles. The number of fused-ring (bicyclic) bond motifs is 1. The van der Waals surface area contributed by atoms with Crippen molar-refractivity contribution in [1.82, 2.24) is 19.4 Å². The number of aryl methyl sites for hydroxylation is 1. The molecule has 6 nitrogen and oxygen atoms in total. The lowest BCUT2D eigenvalue weighted by Gasteiger charge is -2.34. The molecule has 0 spiro atoms. The van der Waals surface area contributed by atoms with Crippen LogP contribution in [0.5, 0.6) is 0 Å². The predicted octanol–water partition coefficient (Wildman–Crippen LogP) is 2.13. The van der Waals surface area contributed by atoms with E-state index in [0.717, 1.165) is 48.9 Å². The number of nitrogens with zero attached hydrogens (tertiary/aromatic N) is 4. The summed E-state index contributed by atoms with van der Waals surface area (Å²) in [5.41, 5.74) is 2.67. The van der Waals surface area contributed by atoms with Crippen LogP contribution >= 0.6 is 11.3 Å². The van der Waals surface area contributed by atoms with Gasteiger partial charge in [-0.3, -0.25) is 14.4 Å². The lowest BCUT2D eigenvalue weighted by molar-refractivity contribution is 0.101. The third kappa shape index (κ3) is 3.15. The fourth-order valence-corrected chi connectivity index (χ4v) is 3.75. The number of oxazole rings is 1. The molecule has 2 aromatic heterocycles. The van der Waals surface area contributed by atoms with Gasteiger partial charge in [0.1, 0.15) is 0 Å². The van der Waals surface area contributed by atoms with E-state index in [1.165, 1.54) is 0 Å².